The predicted octanol–water partition coefficient (Wildman–Crippen LogP) is -1.74. The molecule has 3 amide bonds. The average molecular weight is 300 g/mol. The number of hydrogen-bond donors (Lipinski definition) is 2. The zero-order valence-electron chi connectivity index (χ0n) is 10.3. The largest absolute Gasteiger partial charge is 0.418 e. The van der Waals surface area contributed by atoms with Crippen molar-refractivity contribution in [3.05, 3.63) is 11.6 Å². The van der Waals surface area contributed by atoms with E-state index in [0.29, 0.717) is 10.6 Å². The Bertz CT molecular complexity index is 547. The van der Waals surface area contributed by atoms with Gasteiger partial charge in [-0.15, -0.1) is 4.28 Å². The number of nitrogens with zero attached hydrogens (tertiary/aromatic N) is 2. The van der Waals surface area contributed by atoms with Crippen LogP contribution in [0.3, 0.4) is 0 Å². The molecule has 0 aliphatic carbocycles. The van der Waals surface area contributed by atoms with Crippen LogP contribution in [0.15, 0.2) is 11.6 Å². The van der Waals surface area contributed by atoms with Crippen molar-refractivity contribution >= 4 is 51.9 Å². The number of amides is 3. The van der Waals surface area contributed by atoms with E-state index < -0.39 is 34.4 Å². The van der Waals surface area contributed by atoms with Gasteiger partial charge in [0.2, 0.25) is 5.91 Å². The fourth-order valence-corrected chi connectivity index (χ4v) is 2.40. The predicted molar refractivity (Wildman–Crippen MR) is 62.9 cm³/mol. The first-order valence-corrected chi connectivity index (χ1v) is 6.31. The minimum atomic E-state index is -4.81. The van der Waals surface area contributed by atoms with Crippen molar-refractivity contribution < 1.29 is 26.8 Å². The number of fused-ring (bicyclic) bond motifs is 2. The van der Waals surface area contributed by atoms with Gasteiger partial charge < -0.3 is 10.6 Å². The third kappa shape index (κ3) is 3.09. The first-order chi connectivity index (χ1) is 8.20. The van der Waals surface area contributed by atoms with E-state index in [9.17, 15) is 18.0 Å². The monoisotopic (exact) mass is 300 g/mol. The normalized spacial score (nSPS) is 26.0. The SMILES string of the molecule is CC1=C[C@@H](C(N)=O)N2C[C@@H]1N(OS(=O)(=O)O)C2=O.[Na]. The molecule has 0 unspecified atom stereocenters. The van der Waals surface area contributed by atoms with Gasteiger partial charge in [-0.25, -0.2) is 4.79 Å². The Labute approximate surface area is 131 Å². The number of hydrogen-bond acceptors (Lipinski definition) is 5. The van der Waals surface area contributed by atoms with E-state index in [1.807, 2.05) is 0 Å². The van der Waals surface area contributed by atoms with Crippen LogP contribution in [0, 0.1) is 0 Å². The summed E-state index contributed by atoms with van der Waals surface area (Å²) in [6, 6.07) is -2.45. The third-order valence-corrected chi connectivity index (χ3v) is 3.18. The molecule has 2 aliphatic rings. The van der Waals surface area contributed by atoms with Gasteiger partial charge in [0.25, 0.3) is 0 Å². The molecule has 2 aliphatic heterocycles. The van der Waals surface area contributed by atoms with Crippen LogP contribution in [-0.2, 0) is 19.5 Å². The Morgan fingerprint density at radius 3 is 2.63 bits per heavy atom. The third-order valence-electron chi connectivity index (χ3n) is 2.84. The quantitative estimate of drug-likeness (QED) is 0.361. The molecule has 0 aromatic carbocycles. The van der Waals surface area contributed by atoms with Crippen LogP contribution >= 0.6 is 0 Å². The second kappa shape index (κ2) is 5.38. The Morgan fingerprint density at radius 1 is 1.58 bits per heavy atom. The van der Waals surface area contributed by atoms with Gasteiger partial charge in [-0.05, 0) is 12.5 Å². The number of primary amides is 1. The molecule has 0 aromatic rings. The van der Waals surface area contributed by atoms with E-state index in [-0.39, 0.29) is 36.1 Å². The summed E-state index contributed by atoms with van der Waals surface area (Å²) in [7, 11) is -4.81. The molecule has 1 fully saturated rings. The van der Waals surface area contributed by atoms with Crippen molar-refractivity contribution in [2.45, 2.75) is 19.0 Å². The Balaban J connectivity index is 0.00000180. The topological polar surface area (TPSA) is 130 Å². The number of carbonyl (C=O) groups excluding carboxylic acids is 2. The number of urea groups is 1. The molecule has 0 aromatic heterocycles. The average Bonchev–Trinajstić information content (AvgIpc) is 2.47. The van der Waals surface area contributed by atoms with Gasteiger partial charge in [0.1, 0.15) is 12.1 Å². The molecule has 1 radical (unpaired) electrons. The molecule has 0 saturated carbocycles. The number of rotatable bonds is 3. The molecule has 2 atom stereocenters. The van der Waals surface area contributed by atoms with Crippen molar-refractivity contribution in [2.24, 2.45) is 5.73 Å². The summed E-state index contributed by atoms with van der Waals surface area (Å²) in [6.45, 7) is 1.68. The number of carbonyl (C=O) groups is 2. The molecule has 1 saturated heterocycles. The molecular formula is C8H11N3NaO6S. The Morgan fingerprint density at radius 2 is 2.16 bits per heavy atom. The van der Waals surface area contributed by atoms with Gasteiger partial charge in [-0.3, -0.25) is 9.35 Å². The van der Waals surface area contributed by atoms with Gasteiger partial charge in [-0.1, -0.05) is 6.08 Å². The van der Waals surface area contributed by atoms with Crippen molar-refractivity contribution in [1.82, 2.24) is 9.96 Å². The maximum absolute atomic E-state index is 11.8. The molecular weight excluding hydrogens is 289 g/mol. The zero-order chi connectivity index (χ0) is 13.7. The van der Waals surface area contributed by atoms with Gasteiger partial charge in [0.05, 0.1) is 6.54 Å². The van der Waals surface area contributed by atoms with Crippen LogP contribution in [0.2, 0.25) is 0 Å². The molecule has 101 valence electrons. The van der Waals surface area contributed by atoms with Crippen LogP contribution in [0.25, 0.3) is 0 Å². The van der Waals surface area contributed by atoms with Gasteiger partial charge in [-0.2, -0.15) is 13.5 Å². The molecule has 2 bridgehead atoms. The second-order valence-electron chi connectivity index (χ2n) is 4.04. The molecule has 11 heteroatoms. The maximum atomic E-state index is 11.8. The minimum Gasteiger partial charge on any atom is -0.368 e. The summed E-state index contributed by atoms with van der Waals surface area (Å²) < 4.78 is 34.1. The molecule has 19 heavy (non-hydrogen) atoms. The smallest absolute Gasteiger partial charge is 0.368 e. The molecule has 3 N–H and O–H groups in total. The van der Waals surface area contributed by atoms with Crippen LogP contribution in [0.1, 0.15) is 6.92 Å². The van der Waals surface area contributed by atoms with Crippen LogP contribution in [0.4, 0.5) is 4.79 Å². The summed E-state index contributed by atoms with van der Waals surface area (Å²) >= 11 is 0. The fourth-order valence-electron chi connectivity index (χ4n) is 2.03. The van der Waals surface area contributed by atoms with E-state index in [2.05, 4.69) is 4.28 Å². The Kier molecular flexibility index (Phi) is 4.65. The van der Waals surface area contributed by atoms with E-state index in [1.165, 1.54) is 6.08 Å². The minimum absolute atomic E-state index is 0. The summed E-state index contributed by atoms with van der Waals surface area (Å²) in [5.41, 5.74) is 5.70. The number of hydroxylamine groups is 2. The molecule has 2 heterocycles. The van der Waals surface area contributed by atoms with Gasteiger partial charge in [0.15, 0.2) is 0 Å². The van der Waals surface area contributed by atoms with Crippen molar-refractivity contribution in [3.63, 3.8) is 0 Å². The van der Waals surface area contributed by atoms with E-state index in [0.717, 1.165) is 4.90 Å². The van der Waals surface area contributed by atoms with E-state index in [1.54, 1.807) is 6.92 Å². The summed E-state index contributed by atoms with van der Waals surface area (Å²) in [5, 5.41) is 0.518. The van der Waals surface area contributed by atoms with Crippen LogP contribution < -0.4 is 5.73 Å². The van der Waals surface area contributed by atoms with E-state index >= 15 is 0 Å². The standard InChI is InChI=1S/C8H11N3O6S.Na/c1-4-2-5(7(9)12)10-3-6(4)11(8(10)13)17-18(14,15)16;/h2,5-6H,3H2,1H3,(H2,9,12)(H,14,15,16);/t5-,6-;/m0./s1. The van der Waals surface area contributed by atoms with Crippen molar-refractivity contribution in [1.29, 1.82) is 0 Å². The van der Waals surface area contributed by atoms with Crippen LogP contribution in [-0.4, -0.2) is 83.1 Å². The second-order valence-corrected chi connectivity index (χ2v) is 5.04. The van der Waals surface area contributed by atoms with E-state index in [4.69, 9.17) is 10.3 Å². The Hall–Kier alpha value is -0.650. The van der Waals surface area contributed by atoms with Crippen molar-refractivity contribution in [3.8, 4) is 0 Å². The summed E-state index contributed by atoms with van der Waals surface area (Å²) in [6.07, 6.45) is 1.46. The first kappa shape index (κ1) is 16.4. The van der Waals surface area contributed by atoms with Crippen molar-refractivity contribution in [2.75, 3.05) is 6.54 Å². The van der Waals surface area contributed by atoms with Crippen LogP contribution in [0.5, 0.6) is 0 Å². The summed E-state index contributed by atoms with van der Waals surface area (Å²) in [5.74, 6) is -0.727. The van der Waals surface area contributed by atoms with Gasteiger partial charge >= 0.3 is 16.4 Å². The fraction of sp³-hybridized carbons (Fsp3) is 0.500. The maximum Gasteiger partial charge on any atom is 0.418 e. The van der Waals surface area contributed by atoms with Gasteiger partial charge in [0, 0.05) is 29.6 Å². The number of nitrogens with two attached hydrogens (primary N) is 1. The summed E-state index contributed by atoms with van der Waals surface area (Å²) in [4.78, 5) is 24.1. The first-order valence-electron chi connectivity index (χ1n) is 4.95. The molecule has 9 nitrogen and oxygen atoms in total. The zero-order valence-corrected chi connectivity index (χ0v) is 13.1. The molecule has 2 rings (SSSR count). The molecule has 0 spiro atoms.